The summed E-state index contributed by atoms with van der Waals surface area (Å²) in [4.78, 5) is 14.1. The lowest BCUT2D eigenvalue weighted by Gasteiger charge is -2.27. The lowest BCUT2D eigenvalue weighted by Crippen LogP contribution is -2.42. The van der Waals surface area contributed by atoms with Crippen LogP contribution in [-0.2, 0) is 4.79 Å². The van der Waals surface area contributed by atoms with Crippen molar-refractivity contribution in [1.29, 1.82) is 0 Å². The van der Waals surface area contributed by atoms with Crippen molar-refractivity contribution >= 4 is 5.91 Å². The highest BCUT2D eigenvalue weighted by atomic mass is 16.3. The van der Waals surface area contributed by atoms with E-state index in [0.29, 0.717) is 13.0 Å². The second kappa shape index (κ2) is 11.2. The second-order valence-electron chi connectivity index (χ2n) is 5.46. The number of nitrogens with zero attached hydrogens (tertiary/aromatic N) is 1. The van der Waals surface area contributed by atoms with Crippen molar-refractivity contribution in [1.82, 2.24) is 4.90 Å². The predicted molar refractivity (Wildman–Crippen MR) is 79.9 cm³/mol. The van der Waals surface area contributed by atoms with Crippen molar-refractivity contribution < 1.29 is 9.90 Å². The molecule has 0 aliphatic rings. The Bertz CT molecular complexity index is 232. The summed E-state index contributed by atoms with van der Waals surface area (Å²) in [7, 11) is 0. The summed E-state index contributed by atoms with van der Waals surface area (Å²) in [6.45, 7) is 7.51. The minimum atomic E-state index is -0.144. The molecule has 0 aromatic heterocycles. The molecule has 2 unspecified atom stereocenters. The number of amides is 1. The van der Waals surface area contributed by atoms with Gasteiger partial charge in [0.15, 0.2) is 0 Å². The van der Waals surface area contributed by atoms with Crippen LogP contribution in [0, 0.1) is 5.92 Å². The largest absolute Gasteiger partial charge is 0.396 e. The minimum Gasteiger partial charge on any atom is -0.396 e. The normalized spacial score (nSPS) is 14.2. The molecular formula is C15H32N2O2. The first-order chi connectivity index (χ1) is 9.04. The third-order valence-electron chi connectivity index (χ3n) is 3.61. The first-order valence-corrected chi connectivity index (χ1v) is 7.69. The average molecular weight is 272 g/mol. The van der Waals surface area contributed by atoms with Crippen LogP contribution in [-0.4, -0.2) is 41.7 Å². The standard InChI is InChI=1S/C15H32N2O2/c1-4-5-6-7-8-10-17(11-9-12-18)15(19)13(2)14(3)16/h13-14,18H,4-12,16H2,1-3H3. The molecule has 0 rings (SSSR count). The molecule has 114 valence electrons. The summed E-state index contributed by atoms with van der Waals surface area (Å²) in [5, 5.41) is 8.92. The summed E-state index contributed by atoms with van der Waals surface area (Å²) < 4.78 is 0. The van der Waals surface area contributed by atoms with E-state index in [-0.39, 0.29) is 24.5 Å². The molecule has 4 heteroatoms. The quantitative estimate of drug-likeness (QED) is 0.566. The van der Waals surface area contributed by atoms with Gasteiger partial charge in [-0.2, -0.15) is 0 Å². The van der Waals surface area contributed by atoms with Crippen molar-refractivity contribution in [3.8, 4) is 0 Å². The van der Waals surface area contributed by atoms with E-state index >= 15 is 0 Å². The van der Waals surface area contributed by atoms with Crippen LogP contribution in [0.5, 0.6) is 0 Å². The van der Waals surface area contributed by atoms with E-state index in [9.17, 15) is 4.79 Å². The summed E-state index contributed by atoms with van der Waals surface area (Å²) in [6, 6.07) is -0.121. The molecule has 0 heterocycles. The molecule has 0 aromatic carbocycles. The summed E-state index contributed by atoms with van der Waals surface area (Å²) >= 11 is 0. The molecule has 0 saturated heterocycles. The number of hydrogen-bond acceptors (Lipinski definition) is 3. The minimum absolute atomic E-state index is 0.121. The van der Waals surface area contributed by atoms with Crippen molar-refractivity contribution in [2.24, 2.45) is 11.7 Å². The van der Waals surface area contributed by atoms with Gasteiger partial charge in [0.1, 0.15) is 0 Å². The zero-order valence-electron chi connectivity index (χ0n) is 12.9. The third-order valence-corrected chi connectivity index (χ3v) is 3.61. The highest BCUT2D eigenvalue weighted by Gasteiger charge is 2.22. The van der Waals surface area contributed by atoms with Gasteiger partial charge in [-0.1, -0.05) is 39.5 Å². The Labute approximate surface area is 118 Å². The number of carbonyl (C=O) groups is 1. The van der Waals surface area contributed by atoms with Crippen LogP contribution in [0.4, 0.5) is 0 Å². The first kappa shape index (κ1) is 18.4. The van der Waals surface area contributed by atoms with Crippen molar-refractivity contribution in [2.75, 3.05) is 19.7 Å². The fraction of sp³-hybridized carbons (Fsp3) is 0.933. The van der Waals surface area contributed by atoms with Gasteiger partial charge in [0.05, 0.1) is 5.92 Å². The molecule has 0 aromatic rings. The number of aliphatic hydroxyl groups is 1. The van der Waals surface area contributed by atoms with Gasteiger partial charge < -0.3 is 15.7 Å². The van der Waals surface area contributed by atoms with Gasteiger partial charge in [0.25, 0.3) is 0 Å². The Hall–Kier alpha value is -0.610. The molecule has 0 aliphatic heterocycles. The Kier molecular flexibility index (Phi) is 10.9. The van der Waals surface area contributed by atoms with Crippen molar-refractivity contribution in [3.63, 3.8) is 0 Å². The fourth-order valence-corrected chi connectivity index (χ4v) is 2.01. The number of carbonyl (C=O) groups excluding carboxylic acids is 1. The predicted octanol–water partition coefficient (Wildman–Crippen LogP) is 2.15. The summed E-state index contributed by atoms with van der Waals surface area (Å²) in [5.41, 5.74) is 5.80. The first-order valence-electron chi connectivity index (χ1n) is 7.69. The molecule has 0 bridgehead atoms. The van der Waals surface area contributed by atoms with Crippen molar-refractivity contribution in [2.45, 2.75) is 65.3 Å². The SMILES string of the molecule is CCCCCCCN(CCCO)C(=O)C(C)C(C)N. The number of unbranched alkanes of at least 4 members (excludes halogenated alkanes) is 4. The van der Waals surface area contributed by atoms with Crippen LogP contribution in [0.15, 0.2) is 0 Å². The van der Waals surface area contributed by atoms with Crippen LogP contribution in [0.1, 0.15) is 59.3 Å². The number of nitrogens with two attached hydrogens (primary N) is 1. The lowest BCUT2D eigenvalue weighted by molar-refractivity contribution is -0.135. The van der Waals surface area contributed by atoms with E-state index in [1.807, 2.05) is 18.7 Å². The van der Waals surface area contributed by atoms with Gasteiger partial charge in [0.2, 0.25) is 5.91 Å². The topological polar surface area (TPSA) is 66.6 Å². The molecular weight excluding hydrogens is 240 g/mol. The molecule has 3 N–H and O–H groups in total. The summed E-state index contributed by atoms with van der Waals surface area (Å²) in [5.74, 6) is -0.0201. The zero-order chi connectivity index (χ0) is 14.7. The molecule has 0 spiro atoms. The molecule has 19 heavy (non-hydrogen) atoms. The van der Waals surface area contributed by atoms with Crippen LogP contribution in [0.3, 0.4) is 0 Å². The smallest absolute Gasteiger partial charge is 0.226 e. The molecule has 0 aliphatic carbocycles. The van der Waals surface area contributed by atoms with Crippen LogP contribution < -0.4 is 5.73 Å². The van der Waals surface area contributed by atoms with Crippen LogP contribution >= 0.6 is 0 Å². The Morgan fingerprint density at radius 3 is 2.21 bits per heavy atom. The second-order valence-corrected chi connectivity index (χ2v) is 5.46. The van der Waals surface area contributed by atoms with Gasteiger partial charge in [-0.3, -0.25) is 4.79 Å². The van der Waals surface area contributed by atoms with E-state index in [0.717, 1.165) is 13.0 Å². The Balaban J connectivity index is 4.17. The number of aliphatic hydroxyl groups excluding tert-OH is 1. The molecule has 0 fully saturated rings. The molecule has 0 radical (unpaired) electrons. The van der Waals surface area contributed by atoms with Crippen LogP contribution in [0.2, 0.25) is 0 Å². The zero-order valence-corrected chi connectivity index (χ0v) is 12.9. The van der Waals surface area contributed by atoms with E-state index in [1.165, 1.54) is 25.7 Å². The summed E-state index contributed by atoms with van der Waals surface area (Å²) in [6.07, 6.45) is 6.59. The highest BCUT2D eigenvalue weighted by molar-refractivity contribution is 5.79. The van der Waals surface area contributed by atoms with Gasteiger partial charge in [-0.15, -0.1) is 0 Å². The van der Waals surface area contributed by atoms with Gasteiger partial charge in [0, 0.05) is 25.7 Å². The van der Waals surface area contributed by atoms with Crippen LogP contribution in [0.25, 0.3) is 0 Å². The third kappa shape index (κ3) is 8.22. The maximum atomic E-state index is 12.3. The maximum absolute atomic E-state index is 12.3. The Morgan fingerprint density at radius 1 is 1.11 bits per heavy atom. The lowest BCUT2D eigenvalue weighted by atomic mass is 10.0. The Morgan fingerprint density at radius 2 is 1.68 bits per heavy atom. The van der Waals surface area contributed by atoms with E-state index < -0.39 is 0 Å². The monoisotopic (exact) mass is 272 g/mol. The van der Waals surface area contributed by atoms with Crippen molar-refractivity contribution in [3.05, 3.63) is 0 Å². The van der Waals surface area contributed by atoms with E-state index in [2.05, 4.69) is 6.92 Å². The van der Waals surface area contributed by atoms with Gasteiger partial charge in [-0.05, 0) is 19.8 Å². The molecule has 2 atom stereocenters. The van der Waals surface area contributed by atoms with Gasteiger partial charge >= 0.3 is 0 Å². The average Bonchev–Trinajstić information content (AvgIpc) is 2.40. The highest BCUT2D eigenvalue weighted by Crippen LogP contribution is 2.10. The number of rotatable bonds is 11. The molecule has 1 amide bonds. The fourth-order valence-electron chi connectivity index (χ4n) is 2.01. The number of hydrogen-bond donors (Lipinski definition) is 2. The maximum Gasteiger partial charge on any atom is 0.226 e. The molecule has 4 nitrogen and oxygen atoms in total. The van der Waals surface area contributed by atoms with E-state index in [1.54, 1.807) is 0 Å². The van der Waals surface area contributed by atoms with Gasteiger partial charge in [-0.25, -0.2) is 0 Å². The molecule has 0 saturated carbocycles. The van der Waals surface area contributed by atoms with E-state index in [4.69, 9.17) is 10.8 Å².